The minimum absolute atomic E-state index is 0.0221. The molecule has 26 heavy (non-hydrogen) atoms. The summed E-state index contributed by atoms with van der Waals surface area (Å²) < 4.78 is 43.7. The van der Waals surface area contributed by atoms with Crippen molar-refractivity contribution in [2.24, 2.45) is 0 Å². The van der Waals surface area contributed by atoms with E-state index in [9.17, 15) is 13.2 Å². The van der Waals surface area contributed by atoms with Crippen molar-refractivity contribution >= 4 is 23.1 Å². The molecule has 2 aromatic rings. The predicted octanol–water partition coefficient (Wildman–Crippen LogP) is 4.23. The van der Waals surface area contributed by atoms with Gasteiger partial charge in [-0.1, -0.05) is 29.8 Å². The normalized spacial score (nSPS) is 15.2. The van der Waals surface area contributed by atoms with E-state index in [0.29, 0.717) is 25.6 Å². The average Bonchev–Trinajstić information content (AvgIpc) is 2.62. The molecule has 0 atom stereocenters. The second kappa shape index (κ2) is 7.72. The van der Waals surface area contributed by atoms with Crippen LogP contribution in [-0.4, -0.2) is 38.3 Å². The second-order valence-corrected chi connectivity index (χ2v) is 6.52. The van der Waals surface area contributed by atoms with Crippen molar-refractivity contribution in [3.05, 3.63) is 52.7 Å². The third-order valence-corrected chi connectivity index (χ3v) is 4.54. The molecule has 3 rings (SSSR count). The fourth-order valence-corrected chi connectivity index (χ4v) is 3.26. The molecule has 0 spiro atoms. The van der Waals surface area contributed by atoms with E-state index in [1.54, 1.807) is 11.9 Å². The van der Waals surface area contributed by atoms with Gasteiger partial charge in [0.15, 0.2) is 0 Å². The Labute approximate surface area is 155 Å². The summed E-state index contributed by atoms with van der Waals surface area (Å²) in [6.07, 6.45) is -3.65. The first-order chi connectivity index (χ1) is 12.4. The highest BCUT2D eigenvalue weighted by atomic mass is 35.5. The first kappa shape index (κ1) is 18.8. The number of halogens is 4. The Morgan fingerprint density at radius 3 is 2.58 bits per heavy atom. The van der Waals surface area contributed by atoms with Crippen molar-refractivity contribution in [3.63, 3.8) is 0 Å². The van der Waals surface area contributed by atoms with Crippen LogP contribution in [0.5, 0.6) is 0 Å². The quantitative estimate of drug-likeness (QED) is 0.787. The first-order valence-corrected chi connectivity index (χ1v) is 8.58. The number of hydrogen-bond acceptors (Lipinski definition) is 4. The van der Waals surface area contributed by atoms with Crippen LogP contribution in [0.15, 0.2) is 36.5 Å². The largest absolute Gasteiger partial charge is 0.417 e. The maximum atomic E-state index is 12.8. The Morgan fingerprint density at radius 1 is 1.23 bits per heavy atom. The summed E-state index contributed by atoms with van der Waals surface area (Å²) in [5.41, 5.74) is 1.29. The van der Waals surface area contributed by atoms with Gasteiger partial charge in [-0.15, -0.1) is 0 Å². The Morgan fingerprint density at radius 2 is 1.92 bits per heavy atom. The maximum Gasteiger partial charge on any atom is 0.417 e. The van der Waals surface area contributed by atoms with Gasteiger partial charge in [0.2, 0.25) is 0 Å². The maximum absolute atomic E-state index is 12.8. The van der Waals surface area contributed by atoms with Crippen LogP contribution in [0.2, 0.25) is 5.02 Å². The van der Waals surface area contributed by atoms with Crippen molar-refractivity contribution < 1.29 is 17.9 Å². The molecule has 0 unspecified atom stereocenters. The molecule has 0 aliphatic carbocycles. The molecule has 0 N–H and O–H groups in total. The van der Waals surface area contributed by atoms with Crippen LogP contribution in [0.4, 0.5) is 24.7 Å². The zero-order chi connectivity index (χ0) is 18.7. The van der Waals surface area contributed by atoms with Crippen LogP contribution in [0.25, 0.3) is 0 Å². The van der Waals surface area contributed by atoms with E-state index in [0.717, 1.165) is 36.6 Å². The van der Waals surface area contributed by atoms with E-state index >= 15 is 0 Å². The Kier molecular flexibility index (Phi) is 5.58. The van der Waals surface area contributed by atoms with Gasteiger partial charge in [0.1, 0.15) is 5.82 Å². The number of benzene rings is 1. The summed E-state index contributed by atoms with van der Waals surface area (Å²) in [5, 5.41) is -0.0221. The second-order valence-electron chi connectivity index (χ2n) is 6.11. The highest BCUT2D eigenvalue weighted by Crippen LogP contribution is 2.34. The topological polar surface area (TPSA) is 28.6 Å². The molecule has 1 aliphatic rings. The molecule has 8 heteroatoms. The molecule has 4 nitrogen and oxygen atoms in total. The Bertz CT molecular complexity index is 764. The number of rotatable bonds is 4. The lowest BCUT2D eigenvalue weighted by atomic mass is 10.1. The summed E-state index contributed by atoms with van der Waals surface area (Å²) in [5.74, 6) is 0.316. The number of para-hydroxylation sites is 1. The van der Waals surface area contributed by atoms with Crippen LogP contribution in [-0.2, 0) is 17.5 Å². The van der Waals surface area contributed by atoms with Gasteiger partial charge in [-0.2, -0.15) is 13.2 Å². The molecule has 140 valence electrons. The van der Waals surface area contributed by atoms with Crippen molar-refractivity contribution in [1.82, 2.24) is 4.98 Å². The molecule has 0 radical (unpaired) electrons. The van der Waals surface area contributed by atoms with Crippen molar-refractivity contribution in [3.8, 4) is 0 Å². The monoisotopic (exact) mass is 385 g/mol. The van der Waals surface area contributed by atoms with Gasteiger partial charge in [-0.05, 0) is 17.7 Å². The minimum Gasteiger partial charge on any atom is -0.378 e. The van der Waals surface area contributed by atoms with Crippen molar-refractivity contribution in [2.45, 2.75) is 12.7 Å². The Balaban J connectivity index is 1.81. The van der Waals surface area contributed by atoms with Gasteiger partial charge in [0, 0.05) is 38.6 Å². The van der Waals surface area contributed by atoms with Gasteiger partial charge in [-0.25, -0.2) is 4.98 Å². The number of hydrogen-bond donors (Lipinski definition) is 0. The van der Waals surface area contributed by atoms with E-state index < -0.39 is 11.7 Å². The molecular weight excluding hydrogens is 367 g/mol. The van der Waals surface area contributed by atoms with Gasteiger partial charge in [0.05, 0.1) is 23.8 Å². The van der Waals surface area contributed by atoms with E-state index in [1.807, 2.05) is 24.3 Å². The summed E-state index contributed by atoms with van der Waals surface area (Å²) in [6, 6.07) is 8.86. The van der Waals surface area contributed by atoms with Gasteiger partial charge < -0.3 is 14.5 Å². The molecule has 1 aromatic carbocycles. The average molecular weight is 386 g/mol. The standard InChI is InChI=1S/C18H19ClF3N3O/c1-24(17-15(19)10-14(11-23-17)18(20,21)22)12-13-4-2-3-5-16(13)25-6-8-26-9-7-25/h2-5,10-11H,6-9,12H2,1H3. The molecule has 0 bridgehead atoms. The number of nitrogens with zero attached hydrogens (tertiary/aromatic N) is 3. The smallest absolute Gasteiger partial charge is 0.378 e. The Hall–Kier alpha value is -1.99. The molecule has 1 aliphatic heterocycles. The molecule has 1 aromatic heterocycles. The fraction of sp³-hybridized carbons (Fsp3) is 0.389. The van der Waals surface area contributed by atoms with Crippen molar-refractivity contribution in [1.29, 1.82) is 0 Å². The number of ether oxygens (including phenoxy) is 1. The van der Waals surface area contributed by atoms with Crippen LogP contribution in [0, 0.1) is 0 Å². The predicted molar refractivity (Wildman–Crippen MR) is 95.8 cm³/mol. The third-order valence-electron chi connectivity index (χ3n) is 4.26. The molecule has 0 amide bonds. The van der Waals surface area contributed by atoms with E-state index in [-0.39, 0.29) is 5.02 Å². The number of alkyl halides is 3. The molecule has 1 saturated heterocycles. The zero-order valence-corrected chi connectivity index (χ0v) is 15.0. The van der Waals surface area contributed by atoms with E-state index in [4.69, 9.17) is 16.3 Å². The van der Waals surface area contributed by atoms with Crippen LogP contribution in [0.3, 0.4) is 0 Å². The summed E-state index contributed by atoms with van der Waals surface area (Å²) in [4.78, 5) is 7.92. The zero-order valence-electron chi connectivity index (χ0n) is 14.3. The summed E-state index contributed by atoms with van der Waals surface area (Å²) >= 11 is 6.05. The van der Waals surface area contributed by atoms with E-state index in [2.05, 4.69) is 9.88 Å². The number of anilines is 2. The molecular formula is C18H19ClF3N3O. The summed E-state index contributed by atoms with van der Waals surface area (Å²) in [6.45, 7) is 3.44. The van der Waals surface area contributed by atoms with Gasteiger partial charge in [0.25, 0.3) is 0 Å². The molecule has 1 fully saturated rings. The molecule has 0 saturated carbocycles. The number of morpholine rings is 1. The van der Waals surface area contributed by atoms with Crippen LogP contribution in [0.1, 0.15) is 11.1 Å². The lowest BCUT2D eigenvalue weighted by Gasteiger charge is -2.31. The van der Waals surface area contributed by atoms with Crippen LogP contribution >= 0.6 is 11.6 Å². The lowest BCUT2D eigenvalue weighted by molar-refractivity contribution is -0.137. The minimum atomic E-state index is -4.46. The lowest BCUT2D eigenvalue weighted by Crippen LogP contribution is -2.37. The third kappa shape index (κ3) is 4.22. The van der Waals surface area contributed by atoms with E-state index in [1.165, 1.54) is 0 Å². The van der Waals surface area contributed by atoms with Gasteiger partial charge in [-0.3, -0.25) is 0 Å². The van der Waals surface area contributed by atoms with Crippen molar-refractivity contribution in [2.75, 3.05) is 43.2 Å². The number of aromatic nitrogens is 1. The van der Waals surface area contributed by atoms with Gasteiger partial charge >= 0.3 is 6.18 Å². The highest BCUT2D eigenvalue weighted by molar-refractivity contribution is 6.33. The number of pyridine rings is 1. The fourth-order valence-electron chi connectivity index (χ4n) is 2.95. The summed E-state index contributed by atoms with van der Waals surface area (Å²) in [7, 11) is 1.76. The first-order valence-electron chi connectivity index (χ1n) is 8.21. The SMILES string of the molecule is CN(Cc1ccccc1N1CCOCC1)c1ncc(C(F)(F)F)cc1Cl. The highest BCUT2D eigenvalue weighted by Gasteiger charge is 2.32. The molecule has 2 heterocycles. The van der Waals surface area contributed by atoms with Crippen LogP contribution < -0.4 is 9.80 Å².